The Morgan fingerprint density at radius 1 is 1.42 bits per heavy atom. The van der Waals surface area contributed by atoms with Crippen molar-refractivity contribution < 1.29 is 15.0 Å². The normalized spacial score (nSPS) is 11.6. The maximum atomic E-state index is 11.7. The molecule has 19 heavy (non-hydrogen) atoms. The standard InChI is InChI=1S/C14H18N2O3/c1-2-3-4-7-16-14(19)11(15)8-10-5-6-12(17)13(18)9-10/h1,5-6,9,11,17-18H,3-4,7-8,15H2,(H,16,19)/t11-/m0/s1. The number of carbonyl (C=O) groups excluding carboxylic acids is 1. The first-order valence-corrected chi connectivity index (χ1v) is 6.02. The van der Waals surface area contributed by atoms with E-state index < -0.39 is 6.04 Å². The molecule has 1 rings (SSSR count). The average molecular weight is 262 g/mol. The fraction of sp³-hybridized carbons (Fsp3) is 0.357. The number of amides is 1. The van der Waals surface area contributed by atoms with E-state index in [0.717, 1.165) is 6.42 Å². The molecule has 0 aromatic heterocycles. The zero-order valence-corrected chi connectivity index (χ0v) is 10.6. The third-order valence-electron chi connectivity index (χ3n) is 2.63. The zero-order chi connectivity index (χ0) is 14.3. The van der Waals surface area contributed by atoms with E-state index >= 15 is 0 Å². The minimum absolute atomic E-state index is 0.198. The molecule has 1 amide bonds. The van der Waals surface area contributed by atoms with Crippen LogP contribution in [-0.2, 0) is 11.2 Å². The smallest absolute Gasteiger partial charge is 0.237 e. The molecule has 5 N–H and O–H groups in total. The van der Waals surface area contributed by atoms with Crippen LogP contribution in [0.25, 0.3) is 0 Å². The molecule has 5 nitrogen and oxygen atoms in total. The van der Waals surface area contributed by atoms with Gasteiger partial charge in [-0.15, -0.1) is 12.3 Å². The highest BCUT2D eigenvalue weighted by Gasteiger charge is 2.14. The third kappa shape index (κ3) is 4.90. The summed E-state index contributed by atoms with van der Waals surface area (Å²) in [6.07, 6.45) is 6.72. The quantitative estimate of drug-likeness (QED) is 0.341. The van der Waals surface area contributed by atoms with Gasteiger partial charge in [0.2, 0.25) is 5.91 Å². The van der Waals surface area contributed by atoms with Crippen molar-refractivity contribution in [1.82, 2.24) is 5.32 Å². The van der Waals surface area contributed by atoms with Gasteiger partial charge in [0.15, 0.2) is 11.5 Å². The number of benzene rings is 1. The summed E-state index contributed by atoms with van der Waals surface area (Å²) in [5.74, 6) is 1.81. The molecule has 1 aromatic rings. The molecule has 0 unspecified atom stereocenters. The van der Waals surface area contributed by atoms with Crippen molar-refractivity contribution in [2.45, 2.75) is 25.3 Å². The first-order valence-electron chi connectivity index (χ1n) is 6.02. The third-order valence-corrected chi connectivity index (χ3v) is 2.63. The molecule has 1 aromatic carbocycles. The summed E-state index contributed by atoms with van der Waals surface area (Å²) in [4.78, 5) is 11.7. The van der Waals surface area contributed by atoms with Gasteiger partial charge in [0, 0.05) is 13.0 Å². The molecular weight excluding hydrogens is 244 g/mol. The molecule has 0 heterocycles. The van der Waals surface area contributed by atoms with Crippen molar-refractivity contribution in [2.24, 2.45) is 5.73 Å². The van der Waals surface area contributed by atoms with Gasteiger partial charge >= 0.3 is 0 Å². The van der Waals surface area contributed by atoms with Crippen LogP contribution in [0, 0.1) is 12.3 Å². The van der Waals surface area contributed by atoms with Crippen LogP contribution in [0.1, 0.15) is 18.4 Å². The van der Waals surface area contributed by atoms with E-state index in [1.807, 2.05) is 0 Å². The Balaban J connectivity index is 2.45. The van der Waals surface area contributed by atoms with Crippen molar-refractivity contribution in [2.75, 3.05) is 6.54 Å². The largest absolute Gasteiger partial charge is 0.504 e. The lowest BCUT2D eigenvalue weighted by Crippen LogP contribution is -2.42. The molecule has 0 aliphatic rings. The van der Waals surface area contributed by atoms with E-state index in [1.54, 1.807) is 6.07 Å². The van der Waals surface area contributed by atoms with E-state index in [-0.39, 0.29) is 23.8 Å². The van der Waals surface area contributed by atoms with Crippen LogP contribution < -0.4 is 11.1 Å². The molecule has 1 atom stereocenters. The summed E-state index contributed by atoms with van der Waals surface area (Å²) in [5.41, 5.74) is 6.44. The Kier molecular flexibility index (Phi) is 5.71. The number of phenols is 2. The minimum atomic E-state index is -0.699. The second-order valence-corrected chi connectivity index (χ2v) is 4.23. The van der Waals surface area contributed by atoms with E-state index in [9.17, 15) is 15.0 Å². The number of carbonyl (C=O) groups is 1. The number of nitrogens with two attached hydrogens (primary N) is 1. The van der Waals surface area contributed by atoms with Crippen molar-refractivity contribution in [3.05, 3.63) is 23.8 Å². The highest BCUT2D eigenvalue weighted by Crippen LogP contribution is 2.25. The molecule has 0 bridgehead atoms. The fourth-order valence-electron chi connectivity index (χ4n) is 1.58. The van der Waals surface area contributed by atoms with Crippen LogP contribution in [-0.4, -0.2) is 28.7 Å². The predicted octanol–water partition coefficient (Wildman–Crippen LogP) is 0.497. The molecule has 0 fully saturated rings. The van der Waals surface area contributed by atoms with Crippen LogP contribution in [0.2, 0.25) is 0 Å². The number of aromatic hydroxyl groups is 2. The second kappa shape index (κ2) is 7.29. The van der Waals surface area contributed by atoms with Gasteiger partial charge in [-0.05, 0) is 30.5 Å². The van der Waals surface area contributed by atoms with Gasteiger partial charge in [-0.2, -0.15) is 0 Å². The molecule has 102 valence electrons. The zero-order valence-electron chi connectivity index (χ0n) is 10.6. The molecule has 0 radical (unpaired) electrons. The number of unbranched alkanes of at least 4 members (excludes halogenated alkanes) is 1. The predicted molar refractivity (Wildman–Crippen MR) is 72.5 cm³/mol. The van der Waals surface area contributed by atoms with E-state index in [4.69, 9.17) is 12.2 Å². The maximum Gasteiger partial charge on any atom is 0.237 e. The number of hydrogen-bond donors (Lipinski definition) is 4. The lowest BCUT2D eigenvalue weighted by Gasteiger charge is -2.12. The van der Waals surface area contributed by atoms with Gasteiger partial charge in [-0.1, -0.05) is 6.07 Å². The van der Waals surface area contributed by atoms with Gasteiger partial charge in [-0.3, -0.25) is 4.79 Å². The summed E-state index contributed by atoms with van der Waals surface area (Å²) in [6.45, 7) is 0.498. The van der Waals surface area contributed by atoms with Crippen LogP contribution in [0.4, 0.5) is 0 Å². The number of terminal acetylenes is 1. The van der Waals surface area contributed by atoms with Gasteiger partial charge < -0.3 is 21.3 Å². The van der Waals surface area contributed by atoms with Gasteiger partial charge in [0.05, 0.1) is 6.04 Å². The van der Waals surface area contributed by atoms with E-state index in [1.165, 1.54) is 12.1 Å². The van der Waals surface area contributed by atoms with E-state index in [2.05, 4.69) is 11.2 Å². The van der Waals surface area contributed by atoms with E-state index in [0.29, 0.717) is 18.5 Å². The van der Waals surface area contributed by atoms with Crippen LogP contribution in [0.3, 0.4) is 0 Å². The minimum Gasteiger partial charge on any atom is -0.504 e. The Labute approximate surface area is 112 Å². The molecule has 0 spiro atoms. The number of phenolic OH excluding ortho intramolecular Hbond substituents is 2. The van der Waals surface area contributed by atoms with Crippen molar-refractivity contribution in [3.8, 4) is 23.8 Å². The molecule has 0 saturated carbocycles. The van der Waals surface area contributed by atoms with Gasteiger partial charge in [0.1, 0.15) is 0 Å². The Hall–Kier alpha value is -2.19. The topological polar surface area (TPSA) is 95.6 Å². The molecule has 0 aliphatic carbocycles. The Bertz CT molecular complexity index is 480. The SMILES string of the molecule is C#CCCCNC(=O)[C@@H](N)Cc1ccc(O)c(O)c1. The summed E-state index contributed by atoms with van der Waals surface area (Å²) < 4.78 is 0. The number of rotatable bonds is 6. The van der Waals surface area contributed by atoms with Gasteiger partial charge in [0.25, 0.3) is 0 Å². The molecule has 0 saturated heterocycles. The summed E-state index contributed by atoms with van der Waals surface area (Å²) in [7, 11) is 0. The summed E-state index contributed by atoms with van der Waals surface area (Å²) in [6, 6.07) is 3.67. The van der Waals surface area contributed by atoms with Crippen LogP contribution in [0.5, 0.6) is 11.5 Å². The highest BCUT2D eigenvalue weighted by molar-refractivity contribution is 5.81. The molecular formula is C14H18N2O3. The Morgan fingerprint density at radius 2 is 2.16 bits per heavy atom. The summed E-state index contributed by atoms with van der Waals surface area (Å²) in [5, 5.41) is 21.2. The van der Waals surface area contributed by atoms with Crippen LogP contribution in [0.15, 0.2) is 18.2 Å². The lowest BCUT2D eigenvalue weighted by atomic mass is 10.1. The van der Waals surface area contributed by atoms with Crippen molar-refractivity contribution >= 4 is 5.91 Å². The van der Waals surface area contributed by atoms with Gasteiger partial charge in [-0.25, -0.2) is 0 Å². The fourth-order valence-corrected chi connectivity index (χ4v) is 1.58. The highest BCUT2D eigenvalue weighted by atomic mass is 16.3. The first-order chi connectivity index (χ1) is 9.04. The number of hydrogen-bond acceptors (Lipinski definition) is 4. The Morgan fingerprint density at radius 3 is 2.79 bits per heavy atom. The summed E-state index contributed by atoms with van der Waals surface area (Å²) >= 11 is 0. The maximum absolute atomic E-state index is 11.7. The van der Waals surface area contributed by atoms with Crippen molar-refractivity contribution in [1.29, 1.82) is 0 Å². The first kappa shape index (κ1) is 14.9. The number of nitrogens with one attached hydrogen (secondary N) is 1. The molecule has 5 heteroatoms. The average Bonchev–Trinajstić information content (AvgIpc) is 2.38. The van der Waals surface area contributed by atoms with Crippen molar-refractivity contribution in [3.63, 3.8) is 0 Å². The second-order valence-electron chi connectivity index (χ2n) is 4.23. The lowest BCUT2D eigenvalue weighted by molar-refractivity contribution is -0.122. The van der Waals surface area contributed by atoms with Crippen LogP contribution >= 0.6 is 0 Å². The monoisotopic (exact) mass is 262 g/mol. The molecule has 0 aliphatic heterocycles.